The van der Waals surface area contributed by atoms with E-state index in [9.17, 15) is 14.4 Å². The Hall–Kier alpha value is -2.41. The second kappa shape index (κ2) is 10.8. The van der Waals surface area contributed by atoms with Crippen LogP contribution in [0.15, 0.2) is 24.3 Å². The molecule has 1 heterocycles. The Labute approximate surface area is 167 Å². The molecule has 1 N–H and O–H groups in total. The van der Waals surface area contributed by atoms with Gasteiger partial charge in [-0.2, -0.15) is 0 Å². The van der Waals surface area contributed by atoms with Gasteiger partial charge < -0.3 is 20.0 Å². The van der Waals surface area contributed by atoms with Crippen LogP contribution in [0.1, 0.15) is 35.7 Å². The van der Waals surface area contributed by atoms with Gasteiger partial charge in [0.2, 0.25) is 11.8 Å². The van der Waals surface area contributed by atoms with Crippen LogP contribution in [-0.4, -0.2) is 85.8 Å². The largest absolute Gasteiger partial charge is 0.356 e. The second-order valence-electron chi connectivity index (χ2n) is 7.31. The van der Waals surface area contributed by atoms with Gasteiger partial charge in [0.25, 0.3) is 5.91 Å². The zero-order chi connectivity index (χ0) is 20.5. The molecule has 2 rings (SSSR count). The summed E-state index contributed by atoms with van der Waals surface area (Å²) in [7, 11) is 3.44. The highest BCUT2D eigenvalue weighted by Gasteiger charge is 2.19. The van der Waals surface area contributed by atoms with Gasteiger partial charge in [-0.3, -0.25) is 14.4 Å². The van der Waals surface area contributed by atoms with Gasteiger partial charge in [-0.05, 0) is 30.7 Å². The van der Waals surface area contributed by atoms with Crippen LogP contribution >= 0.6 is 0 Å². The fourth-order valence-corrected chi connectivity index (χ4v) is 3.20. The van der Waals surface area contributed by atoms with Crippen LogP contribution in [0.2, 0.25) is 0 Å². The van der Waals surface area contributed by atoms with Crippen molar-refractivity contribution in [3.63, 3.8) is 0 Å². The molecule has 0 saturated carbocycles. The first-order chi connectivity index (χ1) is 13.4. The molecule has 0 atom stereocenters. The molecule has 1 aromatic rings. The third-order valence-electron chi connectivity index (χ3n) is 5.08. The van der Waals surface area contributed by atoms with Crippen LogP contribution in [0, 0.1) is 0 Å². The van der Waals surface area contributed by atoms with Crippen molar-refractivity contribution in [2.24, 2.45) is 0 Å². The number of carbonyl (C=O) groups is 3. The van der Waals surface area contributed by atoms with Crippen molar-refractivity contribution in [3.8, 4) is 0 Å². The minimum absolute atomic E-state index is 0.0370. The van der Waals surface area contributed by atoms with Gasteiger partial charge in [-0.25, -0.2) is 0 Å². The summed E-state index contributed by atoms with van der Waals surface area (Å²) in [5, 5.41) is 2.83. The Balaban J connectivity index is 1.65. The number of carbonyl (C=O) groups excluding carboxylic acids is 3. The molecule has 7 nitrogen and oxygen atoms in total. The number of likely N-dealkylation sites (N-methyl/N-ethyl adjacent to an activating group) is 1. The van der Waals surface area contributed by atoms with E-state index in [1.54, 1.807) is 26.2 Å². The fourth-order valence-electron chi connectivity index (χ4n) is 3.20. The maximum Gasteiger partial charge on any atom is 0.253 e. The van der Waals surface area contributed by atoms with Gasteiger partial charge in [-0.1, -0.05) is 19.1 Å². The van der Waals surface area contributed by atoms with E-state index in [0.29, 0.717) is 31.4 Å². The van der Waals surface area contributed by atoms with Crippen LogP contribution in [0.25, 0.3) is 0 Å². The van der Waals surface area contributed by atoms with E-state index in [1.807, 2.05) is 17.0 Å². The first-order valence-electron chi connectivity index (χ1n) is 9.98. The number of nitrogens with zero attached hydrogens (tertiary/aromatic N) is 3. The number of rotatable bonds is 8. The van der Waals surface area contributed by atoms with Crippen molar-refractivity contribution in [1.82, 2.24) is 20.0 Å². The summed E-state index contributed by atoms with van der Waals surface area (Å²) in [6.07, 6.45) is 1.32. The molecule has 0 aliphatic carbocycles. The maximum atomic E-state index is 12.2. The summed E-state index contributed by atoms with van der Waals surface area (Å²) in [5.74, 6) is 0.0133. The normalized spacial score (nSPS) is 14.6. The number of hydrogen-bond acceptors (Lipinski definition) is 4. The Morgan fingerprint density at radius 1 is 1.00 bits per heavy atom. The Morgan fingerprint density at radius 2 is 1.64 bits per heavy atom. The molecule has 0 bridgehead atoms. The van der Waals surface area contributed by atoms with Gasteiger partial charge >= 0.3 is 0 Å². The lowest BCUT2D eigenvalue weighted by atomic mass is 10.1. The van der Waals surface area contributed by atoms with Crippen LogP contribution in [0.3, 0.4) is 0 Å². The molecule has 1 aliphatic heterocycles. The van der Waals surface area contributed by atoms with Gasteiger partial charge in [0.1, 0.15) is 0 Å². The lowest BCUT2D eigenvalue weighted by Gasteiger charge is -2.34. The average Bonchev–Trinajstić information content (AvgIpc) is 2.72. The second-order valence-corrected chi connectivity index (χ2v) is 7.31. The highest BCUT2D eigenvalue weighted by atomic mass is 16.2. The molecule has 0 unspecified atom stereocenters. The molecular weight excluding hydrogens is 356 g/mol. The summed E-state index contributed by atoms with van der Waals surface area (Å²) in [6.45, 7) is 6.92. The topological polar surface area (TPSA) is 73.0 Å². The number of piperazine rings is 1. The van der Waals surface area contributed by atoms with Crippen LogP contribution in [-0.2, 0) is 16.0 Å². The molecule has 1 aromatic carbocycles. The molecular formula is C21H32N4O3. The maximum absolute atomic E-state index is 12.2. The van der Waals surface area contributed by atoms with Gasteiger partial charge in [0, 0.05) is 65.2 Å². The van der Waals surface area contributed by atoms with Crippen molar-refractivity contribution in [2.75, 3.05) is 53.4 Å². The van der Waals surface area contributed by atoms with Crippen molar-refractivity contribution in [3.05, 3.63) is 35.4 Å². The van der Waals surface area contributed by atoms with Crippen molar-refractivity contribution >= 4 is 17.7 Å². The summed E-state index contributed by atoms with van der Waals surface area (Å²) in [6, 6.07) is 7.33. The van der Waals surface area contributed by atoms with Gasteiger partial charge in [0.15, 0.2) is 0 Å². The molecule has 0 aromatic heterocycles. The zero-order valence-corrected chi connectivity index (χ0v) is 17.2. The zero-order valence-electron chi connectivity index (χ0n) is 17.2. The minimum Gasteiger partial charge on any atom is -0.356 e. The molecule has 3 amide bonds. The highest BCUT2D eigenvalue weighted by Crippen LogP contribution is 2.08. The predicted octanol–water partition coefficient (Wildman–Crippen LogP) is 0.991. The van der Waals surface area contributed by atoms with Gasteiger partial charge in [-0.15, -0.1) is 0 Å². The van der Waals surface area contributed by atoms with Crippen LogP contribution in [0.5, 0.6) is 0 Å². The Morgan fingerprint density at radius 3 is 2.21 bits per heavy atom. The fraction of sp³-hybridized carbons (Fsp3) is 0.571. The third-order valence-corrected chi connectivity index (χ3v) is 5.08. The SMILES string of the molecule is CCN1CCN(C(=O)CCNC(=O)CCc2ccc(C(=O)N(C)C)cc2)CC1. The van der Waals surface area contributed by atoms with Crippen molar-refractivity contribution in [1.29, 1.82) is 0 Å². The van der Waals surface area contributed by atoms with E-state index in [1.165, 1.54) is 4.90 Å². The molecule has 1 saturated heterocycles. The Kier molecular flexibility index (Phi) is 8.44. The van der Waals surface area contributed by atoms with E-state index in [0.717, 1.165) is 38.3 Å². The monoisotopic (exact) mass is 388 g/mol. The lowest BCUT2D eigenvalue weighted by molar-refractivity contribution is -0.132. The van der Waals surface area contributed by atoms with E-state index >= 15 is 0 Å². The number of nitrogens with one attached hydrogen (secondary N) is 1. The quantitative estimate of drug-likeness (QED) is 0.721. The number of benzene rings is 1. The molecule has 0 radical (unpaired) electrons. The minimum atomic E-state index is -0.0583. The standard InChI is InChI=1S/C21H32N4O3/c1-4-24-13-15-25(16-14-24)20(27)11-12-22-19(26)10-7-17-5-8-18(9-6-17)21(28)23(2)3/h5-6,8-9H,4,7,10-16H2,1-3H3,(H,22,26). The summed E-state index contributed by atoms with van der Waals surface area (Å²) >= 11 is 0. The molecule has 1 aliphatic rings. The average molecular weight is 389 g/mol. The van der Waals surface area contributed by atoms with Gasteiger partial charge in [0.05, 0.1) is 0 Å². The highest BCUT2D eigenvalue weighted by molar-refractivity contribution is 5.93. The third kappa shape index (κ3) is 6.64. The first kappa shape index (κ1) is 21.9. The molecule has 7 heteroatoms. The van der Waals surface area contributed by atoms with E-state index in [-0.39, 0.29) is 17.7 Å². The van der Waals surface area contributed by atoms with E-state index in [2.05, 4.69) is 17.1 Å². The van der Waals surface area contributed by atoms with E-state index in [4.69, 9.17) is 0 Å². The number of hydrogen-bond donors (Lipinski definition) is 1. The van der Waals surface area contributed by atoms with Crippen molar-refractivity contribution < 1.29 is 14.4 Å². The Bertz CT molecular complexity index is 665. The molecule has 28 heavy (non-hydrogen) atoms. The molecule has 154 valence electrons. The van der Waals surface area contributed by atoms with Crippen LogP contribution in [0.4, 0.5) is 0 Å². The predicted molar refractivity (Wildman–Crippen MR) is 109 cm³/mol. The number of aryl methyl sites for hydroxylation is 1. The molecule has 0 spiro atoms. The number of amides is 3. The van der Waals surface area contributed by atoms with Crippen LogP contribution < -0.4 is 5.32 Å². The first-order valence-corrected chi connectivity index (χ1v) is 9.98. The molecule has 1 fully saturated rings. The van der Waals surface area contributed by atoms with E-state index < -0.39 is 0 Å². The smallest absolute Gasteiger partial charge is 0.253 e. The summed E-state index contributed by atoms with van der Waals surface area (Å²) in [4.78, 5) is 41.8. The summed E-state index contributed by atoms with van der Waals surface area (Å²) < 4.78 is 0. The summed E-state index contributed by atoms with van der Waals surface area (Å²) in [5.41, 5.74) is 1.65. The lowest BCUT2D eigenvalue weighted by Crippen LogP contribution is -2.49. The van der Waals surface area contributed by atoms with Crippen molar-refractivity contribution in [2.45, 2.75) is 26.2 Å².